The Morgan fingerprint density at radius 3 is 2.42 bits per heavy atom. The average Bonchev–Trinajstić information content (AvgIpc) is 2.73. The Kier molecular flexibility index (Phi) is 7.46. The van der Waals surface area contributed by atoms with Crippen molar-refractivity contribution in [1.29, 1.82) is 0 Å². The molecule has 8 heteroatoms. The molecule has 0 aliphatic rings. The number of methoxy groups -OCH3 is 2. The number of hydrogen-bond acceptors (Lipinski definition) is 7. The monoisotopic (exact) mass is 443 g/mol. The summed E-state index contributed by atoms with van der Waals surface area (Å²) < 4.78 is 20.0. The van der Waals surface area contributed by atoms with Gasteiger partial charge in [-0.05, 0) is 37.1 Å². The predicted molar refractivity (Wildman–Crippen MR) is 127 cm³/mol. The van der Waals surface area contributed by atoms with Crippen molar-refractivity contribution in [2.24, 2.45) is 0 Å². The largest absolute Gasteiger partial charge is 0.497 e. The summed E-state index contributed by atoms with van der Waals surface area (Å²) in [4.78, 5) is 20.3. The second-order valence-electron chi connectivity index (χ2n) is 7.49. The molecule has 2 N–H and O–H groups in total. The fraction of sp³-hybridized carbons (Fsp3) is 0.391. The van der Waals surface area contributed by atoms with E-state index in [9.17, 15) is 4.79 Å². The Bertz CT molecular complexity index is 1100. The minimum atomic E-state index is -0.260. The standard InChI is InChI=1S/C23H29N3O4S/c1-13(2)31-24-7-8-30-21-14(3)9-16(10-15(21)4)22-25-18-11-17(28-5)12-19(29-6)20(18)23(27)26-22/h9-13,24H,7-8H2,1-6H3,(H,25,26,27). The normalized spacial score (nSPS) is 11.2. The number of aromatic nitrogens is 2. The van der Waals surface area contributed by atoms with Crippen LogP contribution in [0.2, 0.25) is 0 Å². The first kappa shape index (κ1) is 23.0. The molecule has 0 atom stereocenters. The number of hydrogen-bond donors (Lipinski definition) is 2. The van der Waals surface area contributed by atoms with Crippen LogP contribution in [0, 0.1) is 13.8 Å². The van der Waals surface area contributed by atoms with Gasteiger partial charge in [0.1, 0.15) is 35.1 Å². The summed E-state index contributed by atoms with van der Waals surface area (Å²) in [6.45, 7) is 9.60. The summed E-state index contributed by atoms with van der Waals surface area (Å²) in [5.74, 6) is 2.34. The van der Waals surface area contributed by atoms with Crippen LogP contribution in [0.5, 0.6) is 17.2 Å². The lowest BCUT2D eigenvalue weighted by Gasteiger charge is -2.15. The SMILES string of the molecule is COc1cc(OC)c2c(=O)[nH]c(-c3cc(C)c(OCCNSC(C)C)c(C)c3)nc2c1. The summed E-state index contributed by atoms with van der Waals surface area (Å²) in [6, 6.07) is 7.35. The van der Waals surface area contributed by atoms with Gasteiger partial charge in [-0.3, -0.25) is 9.52 Å². The maximum Gasteiger partial charge on any atom is 0.262 e. The number of H-pyrrole nitrogens is 1. The Labute approximate surface area is 186 Å². The lowest BCUT2D eigenvalue weighted by atomic mass is 10.0. The van der Waals surface area contributed by atoms with Gasteiger partial charge in [-0.25, -0.2) is 4.98 Å². The van der Waals surface area contributed by atoms with Gasteiger partial charge in [-0.15, -0.1) is 0 Å². The Hall–Kier alpha value is -2.71. The third-order valence-corrected chi connectivity index (χ3v) is 5.55. The third kappa shape index (κ3) is 5.32. The van der Waals surface area contributed by atoms with Gasteiger partial charge in [0.05, 0.1) is 19.7 Å². The van der Waals surface area contributed by atoms with Crippen molar-refractivity contribution in [3.63, 3.8) is 0 Å². The molecule has 7 nitrogen and oxygen atoms in total. The van der Waals surface area contributed by atoms with Gasteiger partial charge in [0, 0.05) is 29.5 Å². The highest BCUT2D eigenvalue weighted by Gasteiger charge is 2.15. The average molecular weight is 444 g/mol. The number of nitrogens with zero attached hydrogens (tertiary/aromatic N) is 1. The summed E-state index contributed by atoms with van der Waals surface area (Å²) >= 11 is 1.69. The van der Waals surface area contributed by atoms with E-state index in [1.165, 1.54) is 7.11 Å². The molecule has 0 amide bonds. The molecule has 0 fully saturated rings. The minimum Gasteiger partial charge on any atom is -0.497 e. The first-order valence-electron chi connectivity index (χ1n) is 10.1. The van der Waals surface area contributed by atoms with Crippen molar-refractivity contribution in [3.8, 4) is 28.6 Å². The summed E-state index contributed by atoms with van der Waals surface area (Å²) in [5.41, 5.74) is 3.04. The Morgan fingerprint density at radius 2 is 1.81 bits per heavy atom. The van der Waals surface area contributed by atoms with Crippen LogP contribution in [0.3, 0.4) is 0 Å². The zero-order valence-corrected chi connectivity index (χ0v) is 19.6. The van der Waals surface area contributed by atoms with Crippen molar-refractivity contribution in [3.05, 3.63) is 45.7 Å². The van der Waals surface area contributed by atoms with Gasteiger partial charge in [0.25, 0.3) is 5.56 Å². The van der Waals surface area contributed by atoms with Gasteiger partial charge in [0.15, 0.2) is 0 Å². The Morgan fingerprint density at radius 1 is 1.10 bits per heavy atom. The molecule has 0 radical (unpaired) electrons. The predicted octanol–water partition coefficient (Wildman–Crippen LogP) is 4.25. The minimum absolute atomic E-state index is 0.260. The van der Waals surface area contributed by atoms with E-state index >= 15 is 0 Å². The molecule has 1 aromatic heterocycles. The van der Waals surface area contributed by atoms with Crippen molar-refractivity contribution < 1.29 is 14.2 Å². The number of nitrogens with one attached hydrogen (secondary N) is 2. The van der Waals surface area contributed by atoms with Crippen molar-refractivity contribution in [2.75, 3.05) is 27.4 Å². The quantitative estimate of drug-likeness (QED) is 0.378. The van der Waals surface area contributed by atoms with Crippen molar-refractivity contribution in [1.82, 2.24) is 14.7 Å². The van der Waals surface area contributed by atoms with E-state index in [4.69, 9.17) is 14.2 Å². The molecule has 0 spiro atoms. The number of aryl methyl sites for hydroxylation is 2. The van der Waals surface area contributed by atoms with Gasteiger partial charge >= 0.3 is 0 Å². The molecule has 2 aromatic carbocycles. The van der Waals surface area contributed by atoms with Crippen LogP contribution in [0.4, 0.5) is 0 Å². The maximum atomic E-state index is 12.8. The van der Waals surface area contributed by atoms with Crippen LogP contribution < -0.4 is 24.5 Å². The van der Waals surface area contributed by atoms with E-state index in [-0.39, 0.29) is 5.56 Å². The summed E-state index contributed by atoms with van der Waals surface area (Å²) in [5, 5.41) is 0.923. The van der Waals surface area contributed by atoms with Gasteiger partial charge in [-0.2, -0.15) is 0 Å². The molecular formula is C23H29N3O4S. The maximum absolute atomic E-state index is 12.8. The fourth-order valence-corrected chi connectivity index (χ4v) is 3.90. The van der Waals surface area contributed by atoms with E-state index in [1.807, 2.05) is 26.0 Å². The highest BCUT2D eigenvalue weighted by molar-refractivity contribution is 7.97. The first-order valence-corrected chi connectivity index (χ1v) is 11.0. The number of aromatic amines is 1. The van der Waals surface area contributed by atoms with Gasteiger partial charge in [0.2, 0.25) is 0 Å². The number of ether oxygens (including phenoxy) is 3. The van der Waals surface area contributed by atoms with Gasteiger partial charge < -0.3 is 19.2 Å². The summed E-state index contributed by atoms with van der Waals surface area (Å²) in [6.07, 6.45) is 0. The first-order chi connectivity index (χ1) is 14.8. The van der Waals surface area contributed by atoms with E-state index in [0.717, 1.165) is 29.0 Å². The summed E-state index contributed by atoms with van der Waals surface area (Å²) in [7, 11) is 3.08. The smallest absolute Gasteiger partial charge is 0.262 e. The fourth-order valence-electron chi connectivity index (χ4n) is 3.36. The molecule has 0 saturated heterocycles. The number of benzene rings is 2. The molecule has 31 heavy (non-hydrogen) atoms. The number of rotatable bonds is 9. The second-order valence-corrected chi connectivity index (χ2v) is 8.95. The molecule has 0 bridgehead atoms. The second kappa shape index (κ2) is 10.1. The zero-order valence-electron chi connectivity index (χ0n) is 18.8. The molecular weight excluding hydrogens is 414 g/mol. The van der Waals surface area contributed by atoms with E-state index < -0.39 is 0 Å². The highest BCUT2D eigenvalue weighted by Crippen LogP contribution is 2.31. The lowest BCUT2D eigenvalue weighted by Crippen LogP contribution is -2.17. The molecule has 0 aliphatic heterocycles. The molecule has 3 rings (SSSR count). The Balaban J connectivity index is 1.91. The molecule has 0 saturated carbocycles. The van der Waals surface area contributed by atoms with Crippen molar-refractivity contribution >= 4 is 22.9 Å². The third-order valence-electron chi connectivity index (χ3n) is 4.71. The van der Waals surface area contributed by atoms with Gasteiger partial charge in [-0.1, -0.05) is 25.8 Å². The topological polar surface area (TPSA) is 85.5 Å². The molecule has 1 heterocycles. The van der Waals surface area contributed by atoms with Crippen molar-refractivity contribution in [2.45, 2.75) is 32.9 Å². The molecule has 0 unspecified atom stereocenters. The van der Waals surface area contributed by atoms with Crippen LogP contribution in [0.15, 0.2) is 29.1 Å². The van der Waals surface area contributed by atoms with Crippen LogP contribution in [-0.2, 0) is 0 Å². The highest BCUT2D eigenvalue weighted by atomic mass is 32.2. The van der Waals surface area contributed by atoms with Crippen LogP contribution >= 0.6 is 11.9 Å². The van der Waals surface area contributed by atoms with Crippen LogP contribution in [0.1, 0.15) is 25.0 Å². The molecule has 3 aromatic rings. The molecule has 166 valence electrons. The van der Waals surface area contributed by atoms with E-state index in [2.05, 4.69) is 28.5 Å². The molecule has 0 aliphatic carbocycles. The lowest BCUT2D eigenvalue weighted by molar-refractivity contribution is 0.320. The number of fused-ring (bicyclic) bond motifs is 1. The van der Waals surface area contributed by atoms with Crippen LogP contribution in [-0.4, -0.2) is 42.6 Å². The van der Waals surface area contributed by atoms with E-state index in [0.29, 0.717) is 40.1 Å². The van der Waals surface area contributed by atoms with Crippen LogP contribution in [0.25, 0.3) is 22.3 Å². The van der Waals surface area contributed by atoms with E-state index in [1.54, 1.807) is 31.2 Å². The zero-order chi connectivity index (χ0) is 22.5.